The first kappa shape index (κ1) is 23.6. The van der Waals surface area contributed by atoms with Gasteiger partial charge in [0.1, 0.15) is 11.6 Å². The van der Waals surface area contributed by atoms with E-state index in [9.17, 15) is 22.8 Å². The minimum atomic E-state index is -3.75. The average molecular weight is 484 g/mol. The Morgan fingerprint density at radius 2 is 1.79 bits per heavy atom. The molecule has 0 saturated carbocycles. The van der Waals surface area contributed by atoms with Crippen LogP contribution < -0.4 is 5.32 Å². The summed E-state index contributed by atoms with van der Waals surface area (Å²) in [5, 5.41) is 1.74. The summed E-state index contributed by atoms with van der Waals surface area (Å²) < 4.78 is 31.7. The molecule has 0 unspecified atom stereocenters. The second-order valence-electron chi connectivity index (χ2n) is 8.22. The number of hydrogen-bond acceptors (Lipinski definition) is 7. The molecule has 3 aromatic rings. The third kappa shape index (κ3) is 4.45. The summed E-state index contributed by atoms with van der Waals surface area (Å²) in [5.74, 6) is -1.61. The van der Waals surface area contributed by atoms with Crippen LogP contribution in [0.2, 0.25) is 0 Å². The Hall–Kier alpha value is -3.53. The van der Waals surface area contributed by atoms with E-state index in [1.807, 2.05) is 0 Å². The van der Waals surface area contributed by atoms with E-state index in [-0.39, 0.29) is 30.2 Å². The zero-order valence-electron chi connectivity index (χ0n) is 18.8. The number of amides is 2. The molecule has 2 aromatic carbocycles. The van der Waals surface area contributed by atoms with Gasteiger partial charge in [-0.05, 0) is 37.1 Å². The smallest absolute Gasteiger partial charge is 0.266 e. The van der Waals surface area contributed by atoms with E-state index in [4.69, 9.17) is 4.42 Å². The number of hydrogen-bond donors (Lipinski definition) is 1. The van der Waals surface area contributed by atoms with Gasteiger partial charge in [0, 0.05) is 13.5 Å². The molecule has 1 N–H and O–H groups in total. The van der Waals surface area contributed by atoms with E-state index in [0.717, 1.165) is 0 Å². The van der Waals surface area contributed by atoms with E-state index in [0.29, 0.717) is 11.1 Å². The van der Waals surface area contributed by atoms with Crippen LogP contribution in [0, 0.1) is 0 Å². The van der Waals surface area contributed by atoms with Crippen molar-refractivity contribution in [2.24, 2.45) is 0 Å². The van der Waals surface area contributed by atoms with Crippen molar-refractivity contribution in [1.82, 2.24) is 15.2 Å². The Bertz CT molecular complexity index is 1300. The number of nitrogens with zero attached hydrogens (tertiary/aromatic N) is 2. The third-order valence-corrected chi connectivity index (χ3v) is 8.17. The normalized spacial score (nSPS) is 19.2. The molecule has 0 bridgehead atoms. The predicted octanol–water partition coefficient (Wildman–Crippen LogP) is 2.37. The topological polar surface area (TPSA) is 127 Å². The van der Waals surface area contributed by atoms with Gasteiger partial charge in [0.25, 0.3) is 5.89 Å². The molecule has 34 heavy (non-hydrogen) atoms. The summed E-state index contributed by atoms with van der Waals surface area (Å²) in [7, 11) is -3.75. The van der Waals surface area contributed by atoms with Crippen LogP contribution in [0.4, 0.5) is 0 Å². The molecule has 178 valence electrons. The number of para-hydroxylation sites is 2. The minimum absolute atomic E-state index is 0.0594. The summed E-state index contributed by atoms with van der Waals surface area (Å²) in [6.07, 6.45) is 0.206. The zero-order chi connectivity index (χ0) is 24.5. The Balaban J connectivity index is 1.53. The van der Waals surface area contributed by atoms with Crippen molar-refractivity contribution in [2.45, 2.75) is 48.9 Å². The quantitative estimate of drug-likeness (QED) is 0.511. The van der Waals surface area contributed by atoms with Crippen molar-refractivity contribution in [2.75, 3.05) is 6.54 Å². The van der Waals surface area contributed by atoms with Crippen molar-refractivity contribution in [1.29, 1.82) is 0 Å². The molecule has 3 atom stereocenters. The molecular weight excluding hydrogens is 458 g/mol. The van der Waals surface area contributed by atoms with Crippen LogP contribution in [0.1, 0.15) is 37.4 Å². The lowest BCUT2D eigenvalue weighted by Crippen LogP contribution is -2.50. The molecule has 0 aliphatic carbocycles. The van der Waals surface area contributed by atoms with Crippen molar-refractivity contribution < 1.29 is 27.2 Å². The Labute approximate surface area is 197 Å². The molecule has 0 spiro atoms. The molecular formula is C24H25N3O6S. The fourth-order valence-corrected chi connectivity index (χ4v) is 5.88. The Morgan fingerprint density at radius 3 is 2.44 bits per heavy atom. The summed E-state index contributed by atoms with van der Waals surface area (Å²) in [6, 6.07) is 12.9. The monoisotopic (exact) mass is 483 g/mol. The van der Waals surface area contributed by atoms with Crippen LogP contribution in [0.5, 0.6) is 0 Å². The molecule has 10 heteroatoms. The molecule has 9 nitrogen and oxygen atoms in total. The number of oxazole rings is 1. The van der Waals surface area contributed by atoms with Gasteiger partial charge in [-0.3, -0.25) is 14.4 Å². The Morgan fingerprint density at radius 1 is 1.12 bits per heavy atom. The first-order valence-electron chi connectivity index (χ1n) is 11.0. The number of ketones is 1. The number of Topliss-reactive ketones (excluding diaryl/α,β-unsaturated/α-hetero) is 1. The van der Waals surface area contributed by atoms with Gasteiger partial charge >= 0.3 is 0 Å². The first-order valence-corrected chi connectivity index (χ1v) is 12.5. The highest BCUT2D eigenvalue weighted by Gasteiger charge is 2.45. The van der Waals surface area contributed by atoms with Gasteiger partial charge in [0.2, 0.25) is 17.6 Å². The molecule has 1 saturated heterocycles. The van der Waals surface area contributed by atoms with Gasteiger partial charge in [0.15, 0.2) is 15.4 Å². The molecule has 4 rings (SSSR count). The fourth-order valence-electron chi connectivity index (χ4n) is 4.17. The van der Waals surface area contributed by atoms with Crippen LogP contribution in [0.3, 0.4) is 0 Å². The number of carbonyl (C=O) groups is 3. The van der Waals surface area contributed by atoms with Crippen molar-refractivity contribution >= 4 is 38.5 Å². The van der Waals surface area contributed by atoms with E-state index in [1.165, 1.54) is 24.0 Å². The maximum atomic E-state index is 13.1. The van der Waals surface area contributed by atoms with E-state index < -0.39 is 44.8 Å². The fraction of sp³-hybridized carbons (Fsp3) is 0.333. The number of fused-ring (bicyclic) bond motifs is 1. The summed E-state index contributed by atoms with van der Waals surface area (Å²) in [6.45, 7) is 2.92. The number of likely N-dealkylation sites (tertiary alicyclic amines) is 1. The number of carbonyl (C=O) groups excluding carboxylic acids is 3. The van der Waals surface area contributed by atoms with Gasteiger partial charge in [0.05, 0.1) is 16.2 Å². The first-order chi connectivity index (χ1) is 16.2. The van der Waals surface area contributed by atoms with Crippen molar-refractivity contribution in [3.05, 3.63) is 60.5 Å². The van der Waals surface area contributed by atoms with Crippen molar-refractivity contribution in [3.8, 4) is 0 Å². The minimum Gasteiger partial charge on any atom is -0.434 e. The predicted molar refractivity (Wildman–Crippen MR) is 124 cm³/mol. The number of benzene rings is 2. The molecule has 0 radical (unpaired) electrons. The summed E-state index contributed by atoms with van der Waals surface area (Å²) in [5.41, 5.74) is 0.985. The van der Waals surface area contributed by atoms with Gasteiger partial charge in [-0.2, -0.15) is 0 Å². The van der Waals surface area contributed by atoms with Gasteiger partial charge in [-0.15, -0.1) is 0 Å². The maximum Gasteiger partial charge on any atom is 0.266 e. The highest BCUT2D eigenvalue weighted by molar-refractivity contribution is 7.92. The van der Waals surface area contributed by atoms with Crippen LogP contribution in [-0.2, 0) is 19.4 Å². The lowest BCUT2D eigenvalue weighted by molar-refractivity contribution is -0.137. The Kier molecular flexibility index (Phi) is 6.52. The lowest BCUT2D eigenvalue weighted by atomic mass is 10.1. The molecule has 1 aromatic heterocycles. The molecule has 1 fully saturated rings. The molecule has 1 aliphatic heterocycles. The van der Waals surface area contributed by atoms with Crippen LogP contribution >= 0.6 is 0 Å². The lowest BCUT2D eigenvalue weighted by Gasteiger charge is -2.24. The summed E-state index contributed by atoms with van der Waals surface area (Å²) >= 11 is 0. The number of sulfone groups is 1. The zero-order valence-corrected chi connectivity index (χ0v) is 19.6. The molecule has 2 heterocycles. The second kappa shape index (κ2) is 9.38. The number of nitrogens with one attached hydrogen (secondary N) is 1. The van der Waals surface area contributed by atoms with Gasteiger partial charge < -0.3 is 14.6 Å². The van der Waals surface area contributed by atoms with E-state index in [1.54, 1.807) is 49.4 Å². The average Bonchev–Trinajstić information content (AvgIpc) is 3.48. The molecule has 1 aliphatic rings. The highest BCUT2D eigenvalue weighted by Crippen LogP contribution is 2.28. The van der Waals surface area contributed by atoms with E-state index in [2.05, 4.69) is 10.3 Å². The van der Waals surface area contributed by atoms with Crippen LogP contribution in [0.15, 0.2) is 63.9 Å². The number of aromatic nitrogens is 1. The third-order valence-electron chi connectivity index (χ3n) is 6.03. The van der Waals surface area contributed by atoms with Crippen LogP contribution in [0.25, 0.3) is 11.1 Å². The number of rotatable bonds is 7. The molecule has 2 amide bonds. The van der Waals surface area contributed by atoms with Gasteiger partial charge in [-0.25, -0.2) is 13.4 Å². The van der Waals surface area contributed by atoms with E-state index >= 15 is 0 Å². The largest absolute Gasteiger partial charge is 0.434 e. The standard InChI is InChI=1S/C24H25N3O6S/c1-3-18(22(29)24-26-19-11-7-8-12-21(19)33-24)25-23(30)20-13-17(14-27(20)15(2)28)34(31,32)16-9-5-4-6-10-16/h4-12,17-18,20H,3,13-14H2,1-2H3,(H,25,30)/t17-,18-,20+/m1/s1. The van der Waals surface area contributed by atoms with Crippen molar-refractivity contribution in [3.63, 3.8) is 0 Å². The van der Waals surface area contributed by atoms with Gasteiger partial charge in [-0.1, -0.05) is 37.3 Å². The second-order valence-corrected chi connectivity index (χ2v) is 10.5. The maximum absolute atomic E-state index is 13.1. The van der Waals surface area contributed by atoms with Crippen LogP contribution in [-0.4, -0.2) is 59.8 Å². The summed E-state index contributed by atoms with van der Waals surface area (Å²) in [4.78, 5) is 43.9. The SMILES string of the molecule is CC[C@@H](NC(=O)[C@@H]1C[C@@H](S(=O)(=O)c2ccccc2)CN1C(C)=O)C(=O)c1nc2ccccc2o1. The highest BCUT2D eigenvalue weighted by atomic mass is 32.2.